The Morgan fingerprint density at radius 1 is 1.42 bits per heavy atom. The van der Waals surface area contributed by atoms with Gasteiger partial charge in [-0.15, -0.1) is 0 Å². The highest BCUT2D eigenvalue weighted by Gasteiger charge is 2.15. The number of amides is 1. The van der Waals surface area contributed by atoms with Crippen LogP contribution in [0.1, 0.15) is 26.3 Å². The summed E-state index contributed by atoms with van der Waals surface area (Å²) in [5.41, 5.74) is 0.0316. The first-order chi connectivity index (χ1) is 8.90. The molecule has 0 aliphatic carbocycles. The molecule has 1 N–H and O–H groups in total. The molecule has 0 spiro atoms. The van der Waals surface area contributed by atoms with Crippen molar-refractivity contribution in [1.82, 2.24) is 5.32 Å². The summed E-state index contributed by atoms with van der Waals surface area (Å²) in [6, 6.07) is 8.88. The van der Waals surface area contributed by atoms with Crippen LogP contribution in [0, 0.1) is 11.3 Å². The van der Waals surface area contributed by atoms with Crippen LogP contribution in [0.5, 0.6) is 5.75 Å². The number of carbonyl (C=O) groups excluding carboxylic acids is 1. The molecule has 0 radical (unpaired) electrons. The van der Waals surface area contributed by atoms with Crippen LogP contribution in [0.3, 0.4) is 0 Å². The SMILES string of the molecule is CC(C)(C)OC(=O)NCCOc1cccc(C#N)c1. The maximum atomic E-state index is 11.3. The largest absolute Gasteiger partial charge is 0.492 e. The third-order valence-electron chi connectivity index (χ3n) is 2.00. The fourth-order valence-corrected chi connectivity index (χ4v) is 1.29. The second kappa shape index (κ2) is 6.64. The third-order valence-corrected chi connectivity index (χ3v) is 2.00. The molecule has 0 aromatic heterocycles. The Morgan fingerprint density at radius 3 is 2.79 bits per heavy atom. The van der Waals surface area contributed by atoms with Gasteiger partial charge in [-0.2, -0.15) is 5.26 Å². The number of hydrogen-bond acceptors (Lipinski definition) is 4. The molecule has 0 aliphatic rings. The van der Waals surface area contributed by atoms with Crippen molar-refractivity contribution in [3.05, 3.63) is 29.8 Å². The van der Waals surface area contributed by atoms with Gasteiger partial charge in [-0.3, -0.25) is 0 Å². The fraction of sp³-hybridized carbons (Fsp3) is 0.429. The summed E-state index contributed by atoms with van der Waals surface area (Å²) < 4.78 is 10.5. The molecule has 19 heavy (non-hydrogen) atoms. The van der Waals surface area contributed by atoms with Gasteiger partial charge in [0.2, 0.25) is 0 Å². The van der Waals surface area contributed by atoms with Gasteiger partial charge in [0.05, 0.1) is 18.2 Å². The van der Waals surface area contributed by atoms with E-state index in [0.717, 1.165) is 0 Å². The van der Waals surface area contributed by atoms with Crippen LogP contribution >= 0.6 is 0 Å². The van der Waals surface area contributed by atoms with Crippen LogP contribution in [0.2, 0.25) is 0 Å². The summed E-state index contributed by atoms with van der Waals surface area (Å²) in [6.45, 7) is 6.06. The van der Waals surface area contributed by atoms with Crippen LogP contribution in [0.4, 0.5) is 4.79 Å². The lowest BCUT2D eigenvalue weighted by Crippen LogP contribution is -2.34. The van der Waals surface area contributed by atoms with Crippen LogP contribution in [-0.2, 0) is 4.74 Å². The van der Waals surface area contributed by atoms with E-state index in [4.69, 9.17) is 14.7 Å². The number of alkyl carbamates (subject to hydrolysis) is 1. The van der Waals surface area contributed by atoms with Crippen molar-refractivity contribution in [2.45, 2.75) is 26.4 Å². The number of nitrogens with zero attached hydrogens (tertiary/aromatic N) is 1. The molecule has 1 amide bonds. The van der Waals surface area contributed by atoms with E-state index in [1.54, 1.807) is 45.0 Å². The molecular formula is C14H18N2O3. The van der Waals surface area contributed by atoms with Crippen LogP contribution in [0.15, 0.2) is 24.3 Å². The molecule has 0 aliphatic heterocycles. The summed E-state index contributed by atoms with van der Waals surface area (Å²) in [4.78, 5) is 11.3. The van der Waals surface area contributed by atoms with Gasteiger partial charge in [0, 0.05) is 0 Å². The van der Waals surface area contributed by atoms with E-state index in [0.29, 0.717) is 24.5 Å². The average Bonchev–Trinajstić information content (AvgIpc) is 2.33. The number of benzene rings is 1. The Morgan fingerprint density at radius 2 is 2.16 bits per heavy atom. The minimum atomic E-state index is -0.508. The Labute approximate surface area is 113 Å². The molecule has 5 nitrogen and oxygen atoms in total. The Bertz CT molecular complexity index is 472. The molecule has 0 bridgehead atoms. The van der Waals surface area contributed by atoms with Crippen molar-refractivity contribution in [3.63, 3.8) is 0 Å². The van der Waals surface area contributed by atoms with Crippen LogP contribution < -0.4 is 10.1 Å². The van der Waals surface area contributed by atoms with Crippen molar-refractivity contribution in [2.75, 3.05) is 13.2 Å². The minimum Gasteiger partial charge on any atom is -0.492 e. The third kappa shape index (κ3) is 6.32. The lowest BCUT2D eigenvalue weighted by molar-refractivity contribution is 0.0520. The first kappa shape index (κ1) is 14.8. The highest BCUT2D eigenvalue weighted by Crippen LogP contribution is 2.12. The molecule has 0 saturated heterocycles. The standard InChI is InChI=1S/C14H18N2O3/c1-14(2,3)19-13(17)16-7-8-18-12-6-4-5-11(9-12)10-15/h4-6,9H,7-8H2,1-3H3,(H,16,17). The van der Waals surface area contributed by atoms with Crippen LogP contribution in [-0.4, -0.2) is 24.8 Å². The van der Waals surface area contributed by atoms with Crippen molar-refractivity contribution < 1.29 is 14.3 Å². The quantitative estimate of drug-likeness (QED) is 0.846. The van der Waals surface area contributed by atoms with Crippen molar-refractivity contribution in [1.29, 1.82) is 5.26 Å². The van der Waals surface area contributed by atoms with E-state index in [2.05, 4.69) is 5.32 Å². The monoisotopic (exact) mass is 262 g/mol. The highest BCUT2D eigenvalue weighted by atomic mass is 16.6. The zero-order valence-electron chi connectivity index (χ0n) is 11.4. The summed E-state index contributed by atoms with van der Waals surface area (Å²) in [5.74, 6) is 0.602. The van der Waals surface area contributed by atoms with Crippen molar-refractivity contribution in [2.24, 2.45) is 0 Å². The first-order valence-corrected chi connectivity index (χ1v) is 6.00. The Kier molecular flexibility index (Phi) is 5.19. The summed E-state index contributed by atoms with van der Waals surface area (Å²) in [5, 5.41) is 11.3. The molecule has 0 fully saturated rings. The van der Waals surface area contributed by atoms with Gasteiger partial charge < -0.3 is 14.8 Å². The Hall–Kier alpha value is -2.22. The lowest BCUT2D eigenvalue weighted by Gasteiger charge is -2.19. The van der Waals surface area contributed by atoms with E-state index < -0.39 is 11.7 Å². The van der Waals surface area contributed by atoms with Gasteiger partial charge in [0.25, 0.3) is 0 Å². The summed E-state index contributed by atoms with van der Waals surface area (Å²) in [6.07, 6.45) is -0.470. The molecule has 0 heterocycles. The predicted octanol–water partition coefficient (Wildman–Crippen LogP) is 2.46. The fourth-order valence-electron chi connectivity index (χ4n) is 1.29. The van der Waals surface area contributed by atoms with Gasteiger partial charge in [-0.05, 0) is 39.0 Å². The zero-order valence-corrected chi connectivity index (χ0v) is 11.4. The number of hydrogen-bond donors (Lipinski definition) is 1. The van der Waals surface area contributed by atoms with Crippen molar-refractivity contribution in [3.8, 4) is 11.8 Å². The van der Waals surface area contributed by atoms with E-state index in [1.807, 2.05) is 6.07 Å². The molecule has 0 unspecified atom stereocenters. The summed E-state index contributed by atoms with van der Waals surface area (Å²) in [7, 11) is 0. The number of carbonyl (C=O) groups is 1. The normalized spacial score (nSPS) is 10.4. The molecule has 0 saturated carbocycles. The average molecular weight is 262 g/mol. The highest BCUT2D eigenvalue weighted by molar-refractivity contribution is 5.67. The van der Waals surface area contributed by atoms with Gasteiger partial charge in [-0.1, -0.05) is 6.07 Å². The number of nitrogens with one attached hydrogen (secondary N) is 1. The Balaban J connectivity index is 2.28. The van der Waals surface area contributed by atoms with Gasteiger partial charge in [0.1, 0.15) is 18.0 Å². The number of ether oxygens (including phenoxy) is 2. The van der Waals surface area contributed by atoms with Gasteiger partial charge >= 0.3 is 6.09 Å². The molecule has 0 atom stereocenters. The second-order valence-corrected chi connectivity index (χ2v) is 4.92. The van der Waals surface area contributed by atoms with Gasteiger partial charge in [0.15, 0.2) is 0 Å². The maximum Gasteiger partial charge on any atom is 0.407 e. The molecule has 102 valence electrons. The molecule has 5 heteroatoms. The first-order valence-electron chi connectivity index (χ1n) is 6.00. The van der Waals surface area contributed by atoms with E-state index >= 15 is 0 Å². The number of rotatable bonds is 4. The zero-order chi connectivity index (χ0) is 14.3. The molecule has 1 rings (SSSR count). The second-order valence-electron chi connectivity index (χ2n) is 4.92. The maximum absolute atomic E-state index is 11.3. The molecule has 1 aromatic carbocycles. The van der Waals surface area contributed by atoms with Crippen LogP contribution in [0.25, 0.3) is 0 Å². The van der Waals surface area contributed by atoms with E-state index in [9.17, 15) is 4.79 Å². The molecular weight excluding hydrogens is 244 g/mol. The summed E-state index contributed by atoms with van der Waals surface area (Å²) >= 11 is 0. The van der Waals surface area contributed by atoms with Crippen molar-refractivity contribution >= 4 is 6.09 Å². The smallest absolute Gasteiger partial charge is 0.407 e. The minimum absolute atomic E-state index is 0.314. The molecule has 1 aromatic rings. The predicted molar refractivity (Wildman–Crippen MR) is 70.9 cm³/mol. The number of nitriles is 1. The van der Waals surface area contributed by atoms with E-state index in [1.165, 1.54) is 0 Å². The lowest BCUT2D eigenvalue weighted by atomic mass is 10.2. The van der Waals surface area contributed by atoms with E-state index in [-0.39, 0.29) is 0 Å². The van der Waals surface area contributed by atoms with Gasteiger partial charge in [-0.25, -0.2) is 4.79 Å². The topological polar surface area (TPSA) is 71.3 Å².